The Bertz CT molecular complexity index is 438. The summed E-state index contributed by atoms with van der Waals surface area (Å²) in [4.78, 5) is 0. The average molecular weight is 197 g/mol. The minimum absolute atomic E-state index is 0.764. The molecule has 0 aliphatic carbocycles. The van der Waals surface area contributed by atoms with Crippen LogP contribution in [-0.2, 0) is 0 Å². The summed E-state index contributed by atoms with van der Waals surface area (Å²) in [6, 6.07) is 8.21. The van der Waals surface area contributed by atoms with Crippen LogP contribution in [0, 0.1) is 18.3 Å². The number of hydrogen-bond donors (Lipinski definition) is 0. The molecule has 0 saturated heterocycles. The van der Waals surface area contributed by atoms with Crippen LogP contribution in [0.3, 0.4) is 0 Å². The van der Waals surface area contributed by atoms with Crippen molar-refractivity contribution in [2.24, 2.45) is 0 Å². The second kappa shape index (κ2) is 4.29. The van der Waals surface area contributed by atoms with E-state index >= 15 is 0 Å². The van der Waals surface area contributed by atoms with Gasteiger partial charge >= 0.3 is 0 Å². The van der Waals surface area contributed by atoms with Gasteiger partial charge in [0.2, 0.25) is 0 Å². The fourth-order valence-electron chi connectivity index (χ4n) is 1.82. The first-order valence-electron chi connectivity index (χ1n) is 5.14. The summed E-state index contributed by atoms with van der Waals surface area (Å²) in [6.07, 6.45) is 3.19. The van der Waals surface area contributed by atoms with Gasteiger partial charge < -0.3 is 0 Å². The summed E-state index contributed by atoms with van der Waals surface area (Å²) in [6.45, 7) is 3.73. The summed E-state index contributed by atoms with van der Waals surface area (Å²) >= 11 is 0. The van der Waals surface area contributed by atoms with Gasteiger partial charge in [-0.3, -0.25) is 0 Å². The van der Waals surface area contributed by atoms with E-state index in [9.17, 15) is 0 Å². The first-order valence-corrected chi connectivity index (χ1v) is 5.14. The molecule has 75 valence electrons. The molecule has 15 heavy (non-hydrogen) atoms. The fraction of sp³-hybridized carbons (Fsp3) is 0.308. The molecular weight excluding hydrogens is 184 g/mol. The SMILES string of the molecule is Cc1cc(C2=CC[N]CC2)ccc1C#N. The molecule has 2 heteroatoms. The number of hydrogen-bond acceptors (Lipinski definition) is 1. The highest BCUT2D eigenvalue weighted by molar-refractivity contribution is 5.68. The maximum atomic E-state index is 8.84. The quantitative estimate of drug-likeness (QED) is 0.680. The number of rotatable bonds is 1. The first kappa shape index (κ1) is 9.95. The molecule has 0 spiro atoms. The van der Waals surface area contributed by atoms with Gasteiger partial charge in [0.1, 0.15) is 0 Å². The van der Waals surface area contributed by atoms with E-state index in [1.54, 1.807) is 0 Å². The monoisotopic (exact) mass is 197 g/mol. The number of aryl methyl sites for hydroxylation is 1. The van der Waals surface area contributed by atoms with E-state index in [1.807, 2.05) is 19.1 Å². The Labute approximate surface area is 90.2 Å². The van der Waals surface area contributed by atoms with Crippen molar-refractivity contribution in [1.29, 1.82) is 5.26 Å². The van der Waals surface area contributed by atoms with Crippen molar-refractivity contribution in [3.8, 4) is 6.07 Å². The van der Waals surface area contributed by atoms with E-state index in [-0.39, 0.29) is 0 Å². The molecule has 0 N–H and O–H groups in total. The molecule has 0 atom stereocenters. The van der Waals surface area contributed by atoms with Crippen molar-refractivity contribution in [2.75, 3.05) is 13.1 Å². The van der Waals surface area contributed by atoms with Crippen molar-refractivity contribution < 1.29 is 0 Å². The third kappa shape index (κ3) is 2.08. The molecule has 0 saturated carbocycles. The minimum Gasteiger partial charge on any atom is -0.237 e. The molecule has 0 amide bonds. The molecule has 0 aromatic heterocycles. The maximum absolute atomic E-state index is 8.84. The highest BCUT2D eigenvalue weighted by atomic mass is 14.8. The Balaban J connectivity index is 2.34. The Morgan fingerprint density at radius 3 is 2.87 bits per heavy atom. The third-order valence-electron chi connectivity index (χ3n) is 2.72. The van der Waals surface area contributed by atoms with Crippen molar-refractivity contribution in [3.63, 3.8) is 0 Å². The predicted octanol–water partition coefficient (Wildman–Crippen LogP) is 2.26. The number of nitriles is 1. The van der Waals surface area contributed by atoms with Crippen molar-refractivity contribution in [2.45, 2.75) is 13.3 Å². The van der Waals surface area contributed by atoms with Crippen LogP contribution in [0.25, 0.3) is 5.57 Å². The van der Waals surface area contributed by atoms with Gasteiger partial charge in [0, 0.05) is 13.1 Å². The standard InChI is InChI=1S/C13H13N2/c1-10-8-12(2-3-13(10)9-14)11-4-6-15-7-5-11/h2-4,8H,5-7H2,1H3. The second-order valence-corrected chi connectivity index (χ2v) is 3.75. The Morgan fingerprint density at radius 1 is 1.40 bits per heavy atom. The van der Waals surface area contributed by atoms with Gasteiger partial charge in [-0.05, 0) is 36.1 Å². The average Bonchev–Trinajstić information content (AvgIpc) is 2.30. The summed E-state index contributed by atoms with van der Waals surface area (Å²) in [5, 5.41) is 13.1. The second-order valence-electron chi connectivity index (χ2n) is 3.75. The minimum atomic E-state index is 0.764. The van der Waals surface area contributed by atoms with Gasteiger partial charge in [-0.2, -0.15) is 5.26 Å². The lowest BCUT2D eigenvalue weighted by Gasteiger charge is -2.13. The van der Waals surface area contributed by atoms with Gasteiger partial charge in [0.15, 0.2) is 0 Å². The molecule has 1 aliphatic rings. The van der Waals surface area contributed by atoms with Crippen molar-refractivity contribution in [3.05, 3.63) is 41.0 Å². The lowest BCUT2D eigenvalue weighted by molar-refractivity contribution is 0.723. The molecule has 1 radical (unpaired) electrons. The normalized spacial score (nSPS) is 15.6. The Kier molecular flexibility index (Phi) is 2.84. The van der Waals surface area contributed by atoms with E-state index < -0.39 is 0 Å². The zero-order valence-electron chi connectivity index (χ0n) is 8.83. The van der Waals surface area contributed by atoms with Crippen LogP contribution >= 0.6 is 0 Å². The van der Waals surface area contributed by atoms with Crippen LogP contribution in [0.1, 0.15) is 23.1 Å². The molecular formula is C13H13N2. The van der Waals surface area contributed by atoms with Gasteiger partial charge in [0.25, 0.3) is 0 Å². The van der Waals surface area contributed by atoms with Crippen LogP contribution in [0.2, 0.25) is 0 Å². The highest BCUT2D eigenvalue weighted by Gasteiger charge is 2.07. The highest BCUT2D eigenvalue weighted by Crippen LogP contribution is 2.22. The van der Waals surface area contributed by atoms with Crippen LogP contribution in [0.15, 0.2) is 24.3 Å². The fourth-order valence-corrected chi connectivity index (χ4v) is 1.82. The molecule has 2 rings (SSSR count). The number of nitrogens with zero attached hydrogens (tertiary/aromatic N) is 2. The smallest absolute Gasteiger partial charge is 0.0994 e. The van der Waals surface area contributed by atoms with E-state index in [4.69, 9.17) is 5.26 Å². The van der Waals surface area contributed by atoms with E-state index in [0.29, 0.717) is 0 Å². The van der Waals surface area contributed by atoms with Crippen molar-refractivity contribution in [1.82, 2.24) is 5.32 Å². The van der Waals surface area contributed by atoms with E-state index in [1.165, 1.54) is 11.1 Å². The zero-order valence-corrected chi connectivity index (χ0v) is 8.83. The van der Waals surface area contributed by atoms with Crippen LogP contribution in [0.5, 0.6) is 0 Å². The Morgan fingerprint density at radius 2 is 2.27 bits per heavy atom. The van der Waals surface area contributed by atoms with Gasteiger partial charge in [0.05, 0.1) is 11.6 Å². The summed E-state index contributed by atoms with van der Waals surface area (Å²) in [5.41, 5.74) is 4.41. The molecule has 0 fully saturated rings. The topological polar surface area (TPSA) is 37.9 Å². The van der Waals surface area contributed by atoms with Gasteiger partial charge in [-0.25, -0.2) is 5.32 Å². The Hall–Kier alpha value is -1.59. The maximum Gasteiger partial charge on any atom is 0.0994 e. The van der Waals surface area contributed by atoms with E-state index in [0.717, 1.165) is 30.6 Å². The molecule has 1 aromatic rings. The van der Waals surface area contributed by atoms with Gasteiger partial charge in [-0.1, -0.05) is 18.2 Å². The lowest BCUT2D eigenvalue weighted by atomic mass is 9.97. The molecule has 1 heterocycles. The number of benzene rings is 1. The van der Waals surface area contributed by atoms with Crippen LogP contribution in [-0.4, -0.2) is 13.1 Å². The first-order chi connectivity index (χ1) is 7.31. The molecule has 0 unspecified atom stereocenters. The molecule has 2 nitrogen and oxygen atoms in total. The third-order valence-corrected chi connectivity index (χ3v) is 2.72. The molecule has 1 aromatic carbocycles. The lowest BCUT2D eigenvalue weighted by Crippen LogP contribution is -2.12. The van der Waals surface area contributed by atoms with Crippen LogP contribution in [0.4, 0.5) is 0 Å². The summed E-state index contributed by atoms with van der Waals surface area (Å²) in [5.74, 6) is 0. The van der Waals surface area contributed by atoms with Gasteiger partial charge in [-0.15, -0.1) is 0 Å². The molecule has 1 aliphatic heterocycles. The zero-order chi connectivity index (χ0) is 10.7. The largest absolute Gasteiger partial charge is 0.237 e. The summed E-state index contributed by atoms with van der Waals surface area (Å²) in [7, 11) is 0. The molecule has 0 bridgehead atoms. The van der Waals surface area contributed by atoms with E-state index in [2.05, 4.69) is 23.5 Å². The predicted molar refractivity (Wildman–Crippen MR) is 60.4 cm³/mol. The van der Waals surface area contributed by atoms with Crippen LogP contribution < -0.4 is 5.32 Å². The van der Waals surface area contributed by atoms with Crippen molar-refractivity contribution >= 4 is 5.57 Å². The summed E-state index contributed by atoms with van der Waals surface area (Å²) < 4.78 is 0.